The van der Waals surface area contributed by atoms with Gasteiger partial charge in [-0.3, -0.25) is 9.80 Å². The Bertz CT molecular complexity index is 1390. The molecule has 0 radical (unpaired) electrons. The second-order valence-corrected chi connectivity index (χ2v) is 8.77. The van der Waals surface area contributed by atoms with E-state index in [1.54, 1.807) is 6.20 Å². The van der Waals surface area contributed by atoms with Crippen LogP contribution >= 0.6 is 0 Å². The van der Waals surface area contributed by atoms with Crippen LogP contribution in [-0.2, 0) is 11.3 Å². The zero-order chi connectivity index (χ0) is 29.8. The van der Waals surface area contributed by atoms with E-state index in [-0.39, 0.29) is 17.1 Å². The lowest BCUT2D eigenvalue weighted by Gasteiger charge is -2.31. The summed E-state index contributed by atoms with van der Waals surface area (Å²) < 4.78 is 64.0. The molecule has 0 unspecified atom stereocenters. The van der Waals surface area contributed by atoms with Crippen molar-refractivity contribution in [3.63, 3.8) is 0 Å². The Morgan fingerprint density at radius 1 is 1.00 bits per heavy atom. The normalized spacial score (nSPS) is 15.3. The Morgan fingerprint density at radius 3 is 2.20 bits per heavy atom. The van der Waals surface area contributed by atoms with Crippen molar-refractivity contribution in [3.05, 3.63) is 77.0 Å². The zero-order valence-corrected chi connectivity index (χ0v) is 23.0. The number of hydrogen-bond donors (Lipinski definition) is 3. The lowest BCUT2D eigenvalue weighted by atomic mass is 10.2. The van der Waals surface area contributed by atoms with Gasteiger partial charge < -0.3 is 24.7 Å². The number of aryl methyl sites for hydroxylation is 2. The number of aromatic nitrogens is 2. The third-order valence-electron chi connectivity index (χ3n) is 5.84. The van der Waals surface area contributed by atoms with Gasteiger partial charge in [0, 0.05) is 42.9 Å². The maximum absolute atomic E-state index is 13.5. The van der Waals surface area contributed by atoms with Crippen molar-refractivity contribution in [2.45, 2.75) is 53.4 Å². The molecule has 13 heteroatoms. The summed E-state index contributed by atoms with van der Waals surface area (Å²) in [5.41, 5.74) is 3.14. The fraction of sp³-hybridized carbons (Fsp3) is 0.333. The lowest BCUT2D eigenvalue weighted by Crippen LogP contribution is -2.52. The Balaban J connectivity index is 0.00000216. The quantitative estimate of drug-likeness (QED) is 0.156. The SMILES string of the molecule is C/C(C(=O)Nc1ccc2c(c1)OC(F)(F)C(F)(F)O2)=C(/NCc1ccnc(-n2c(C)ccc2C)c1)N(C)N.CC. The summed E-state index contributed by atoms with van der Waals surface area (Å²) in [6.45, 7) is 9.78. The number of nitrogens with zero attached hydrogens (tertiary/aromatic N) is 3. The van der Waals surface area contributed by atoms with Crippen LogP contribution in [0.15, 0.2) is 60.1 Å². The van der Waals surface area contributed by atoms with Gasteiger partial charge in [-0.05, 0) is 62.7 Å². The number of pyridine rings is 1. The number of ether oxygens (including phenoxy) is 2. The van der Waals surface area contributed by atoms with Crippen LogP contribution in [0, 0.1) is 13.8 Å². The van der Waals surface area contributed by atoms with Crippen LogP contribution in [0.5, 0.6) is 11.5 Å². The van der Waals surface area contributed by atoms with Crippen molar-refractivity contribution in [2.24, 2.45) is 5.84 Å². The van der Waals surface area contributed by atoms with E-state index in [2.05, 4.69) is 25.1 Å². The number of amides is 1. The number of benzene rings is 1. The molecule has 0 fully saturated rings. The summed E-state index contributed by atoms with van der Waals surface area (Å²) in [4.78, 5) is 17.3. The van der Waals surface area contributed by atoms with Crippen molar-refractivity contribution in [3.8, 4) is 17.3 Å². The summed E-state index contributed by atoms with van der Waals surface area (Å²) in [6, 6.07) is 10.9. The second-order valence-electron chi connectivity index (χ2n) is 8.77. The fourth-order valence-corrected chi connectivity index (χ4v) is 3.91. The van der Waals surface area contributed by atoms with Gasteiger partial charge in [0.25, 0.3) is 5.91 Å². The third kappa shape index (κ3) is 6.30. The Labute approximate surface area is 229 Å². The predicted octanol–water partition coefficient (Wildman–Crippen LogP) is 5.24. The number of hydrazine groups is 1. The summed E-state index contributed by atoms with van der Waals surface area (Å²) in [7, 11) is 1.54. The molecule has 0 aliphatic carbocycles. The van der Waals surface area contributed by atoms with Crippen LogP contribution in [0.3, 0.4) is 0 Å². The summed E-state index contributed by atoms with van der Waals surface area (Å²) in [5.74, 6) is 5.14. The standard InChI is InChI=1S/C25H26F4N6O3.C2H6/c1-14-5-6-15(2)35(14)21-11-17(9-10-31-21)13-32-22(34(4)30)16(3)23(36)33-18-7-8-19-20(12-18)38-25(28,29)24(26,27)37-19;1-2/h5-12,32H,13,30H2,1-4H3,(H,33,36);1-2H3/b22-16+;. The first kappa shape index (κ1) is 30.3. The summed E-state index contributed by atoms with van der Waals surface area (Å²) >= 11 is 0. The molecular weight excluding hydrogens is 532 g/mol. The van der Waals surface area contributed by atoms with Crippen molar-refractivity contribution in [1.82, 2.24) is 19.9 Å². The van der Waals surface area contributed by atoms with E-state index in [4.69, 9.17) is 5.84 Å². The average Bonchev–Trinajstić information content (AvgIpc) is 3.23. The molecule has 40 heavy (non-hydrogen) atoms. The zero-order valence-electron chi connectivity index (χ0n) is 23.0. The van der Waals surface area contributed by atoms with Crippen molar-refractivity contribution in [1.29, 1.82) is 0 Å². The molecule has 0 spiro atoms. The average molecular weight is 565 g/mol. The minimum Gasteiger partial charge on any atom is -0.421 e. The van der Waals surface area contributed by atoms with Gasteiger partial charge in [0.1, 0.15) is 11.6 Å². The first-order valence-electron chi connectivity index (χ1n) is 12.4. The highest BCUT2D eigenvalue weighted by Crippen LogP contribution is 2.47. The van der Waals surface area contributed by atoms with Gasteiger partial charge in [0.05, 0.1) is 5.57 Å². The molecule has 1 amide bonds. The van der Waals surface area contributed by atoms with Crippen LogP contribution in [-0.4, -0.2) is 39.7 Å². The Morgan fingerprint density at radius 2 is 1.60 bits per heavy atom. The van der Waals surface area contributed by atoms with Gasteiger partial charge in [0.15, 0.2) is 11.5 Å². The second kappa shape index (κ2) is 11.9. The van der Waals surface area contributed by atoms with E-state index in [0.717, 1.165) is 34.9 Å². The molecule has 1 aromatic carbocycles. The number of carbonyl (C=O) groups excluding carboxylic acids is 1. The fourth-order valence-electron chi connectivity index (χ4n) is 3.91. The van der Waals surface area contributed by atoms with Gasteiger partial charge >= 0.3 is 12.2 Å². The molecule has 0 saturated heterocycles. The van der Waals surface area contributed by atoms with E-state index in [1.165, 1.54) is 25.0 Å². The molecule has 9 nitrogen and oxygen atoms in total. The molecule has 0 atom stereocenters. The maximum Gasteiger partial charge on any atom is 0.507 e. The molecular formula is C27H32F4N6O3. The number of fused-ring (bicyclic) bond motifs is 1. The third-order valence-corrected chi connectivity index (χ3v) is 5.84. The van der Waals surface area contributed by atoms with Crippen molar-refractivity contribution in [2.75, 3.05) is 12.4 Å². The maximum atomic E-state index is 13.5. The minimum atomic E-state index is -4.87. The number of anilines is 1. The minimum absolute atomic E-state index is 0.0213. The highest BCUT2D eigenvalue weighted by Gasteiger charge is 2.65. The largest absolute Gasteiger partial charge is 0.507 e. The first-order chi connectivity index (χ1) is 18.8. The highest BCUT2D eigenvalue weighted by atomic mass is 19.3. The predicted molar refractivity (Wildman–Crippen MR) is 142 cm³/mol. The number of carbonyl (C=O) groups is 1. The first-order valence-corrected chi connectivity index (χ1v) is 12.4. The molecule has 4 N–H and O–H groups in total. The smallest absolute Gasteiger partial charge is 0.421 e. The Hall–Kier alpha value is -4.26. The van der Waals surface area contributed by atoms with Gasteiger partial charge in [-0.15, -0.1) is 0 Å². The van der Waals surface area contributed by atoms with E-state index in [9.17, 15) is 22.4 Å². The number of alkyl halides is 4. The van der Waals surface area contributed by atoms with E-state index < -0.39 is 29.6 Å². The molecule has 2 aromatic heterocycles. The van der Waals surface area contributed by atoms with Crippen LogP contribution in [0.1, 0.15) is 37.7 Å². The number of nitrogens with one attached hydrogen (secondary N) is 2. The number of hydrogen-bond acceptors (Lipinski definition) is 7. The number of nitrogens with two attached hydrogens (primary N) is 1. The number of halogens is 4. The van der Waals surface area contributed by atoms with Crippen LogP contribution < -0.4 is 25.9 Å². The number of rotatable bonds is 7. The van der Waals surface area contributed by atoms with Gasteiger partial charge in [-0.1, -0.05) is 13.8 Å². The van der Waals surface area contributed by atoms with Crippen molar-refractivity contribution < 1.29 is 31.8 Å². The monoisotopic (exact) mass is 564 g/mol. The van der Waals surface area contributed by atoms with Crippen LogP contribution in [0.25, 0.3) is 5.82 Å². The molecule has 1 aliphatic rings. The van der Waals surface area contributed by atoms with Gasteiger partial charge in [0.2, 0.25) is 0 Å². The molecule has 216 valence electrons. The van der Waals surface area contributed by atoms with E-state index in [0.29, 0.717) is 6.54 Å². The molecule has 0 saturated carbocycles. The van der Waals surface area contributed by atoms with Gasteiger partial charge in [-0.2, -0.15) is 17.6 Å². The molecule has 1 aliphatic heterocycles. The van der Waals surface area contributed by atoms with Crippen molar-refractivity contribution >= 4 is 11.6 Å². The summed E-state index contributed by atoms with van der Waals surface area (Å²) in [5, 5.41) is 6.87. The summed E-state index contributed by atoms with van der Waals surface area (Å²) in [6.07, 6.45) is -8.02. The molecule has 0 bridgehead atoms. The Kier molecular flexibility index (Phi) is 8.98. The van der Waals surface area contributed by atoms with Crippen LogP contribution in [0.4, 0.5) is 23.2 Å². The van der Waals surface area contributed by atoms with Crippen LogP contribution in [0.2, 0.25) is 0 Å². The molecule has 3 heterocycles. The van der Waals surface area contributed by atoms with Gasteiger partial charge in [-0.25, -0.2) is 10.8 Å². The topological polar surface area (TPSA) is 107 Å². The molecule has 3 aromatic rings. The lowest BCUT2D eigenvalue weighted by molar-refractivity contribution is -0.391. The highest BCUT2D eigenvalue weighted by molar-refractivity contribution is 6.03. The van der Waals surface area contributed by atoms with E-state index >= 15 is 0 Å². The molecule has 4 rings (SSSR count). The van der Waals surface area contributed by atoms with E-state index in [1.807, 2.05) is 56.5 Å².